The minimum atomic E-state index is -0.291. The van der Waals surface area contributed by atoms with Crippen LogP contribution in [0.5, 0.6) is 0 Å². The summed E-state index contributed by atoms with van der Waals surface area (Å²) in [5.41, 5.74) is 4.64. The zero-order valence-corrected chi connectivity index (χ0v) is 12.1. The van der Waals surface area contributed by atoms with E-state index in [2.05, 4.69) is 29.6 Å². The lowest BCUT2D eigenvalue weighted by atomic mass is 9.95. The molecule has 2 nitrogen and oxygen atoms in total. The van der Waals surface area contributed by atoms with Crippen molar-refractivity contribution in [3.05, 3.63) is 65.2 Å². The second kappa shape index (κ2) is 4.73. The van der Waals surface area contributed by atoms with Crippen LogP contribution in [-0.4, -0.2) is 5.91 Å². The summed E-state index contributed by atoms with van der Waals surface area (Å²) in [4.78, 5) is 12.7. The van der Waals surface area contributed by atoms with Crippen LogP contribution >= 0.6 is 0 Å². The molecule has 21 heavy (non-hydrogen) atoms. The van der Waals surface area contributed by atoms with E-state index in [-0.39, 0.29) is 11.3 Å². The van der Waals surface area contributed by atoms with Crippen molar-refractivity contribution in [2.45, 2.75) is 37.5 Å². The fourth-order valence-electron chi connectivity index (χ4n) is 3.43. The second-order valence-electron chi connectivity index (χ2n) is 6.24. The molecule has 1 N–H and O–H groups in total. The van der Waals surface area contributed by atoms with Crippen molar-refractivity contribution in [3.63, 3.8) is 0 Å². The van der Waals surface area contributed by atoms with Gasteiger partial charge < -0.3 is 5.32 Å². The van der Waals surface area contributed by atoms with Crippen LogP contribution in [0.1, 0.15) is 36.0 Å². The Labute approximate surface area is 125 Å². The van der Waals surface area contributed by atoms with Gasteiger partial charge in [0.25, 0.3) is 0 Å². The minimum Gasteiger partial charge on any atom is -0.325 e. The summed E-state index contributed by atoms with van der Waals surface area (Å²) in [7, 11) is 0. The molecule has 2 aromatic rings. The number of carbonyl (C=O) groups is 1. The van der Waals surface area contributed by atoms with Gasteiger partial charge in [0.05, 0.1) is 5.41 Å². The van der Waals surface area contributed by atoms with Gasteiger partial charge in [0, 0.05) is 5.69 Å². The van der Waals surface area contributed by atoms with Gasteiger partial charge in [-0.3, -0.25) is 4.79 Å². The number of aryl methyl sites for hydroxylation is 2. The largest absolute Gasteiger partial charge is 0.325 e. The van der Waals surface area contributed by atoms with Crippen molar-refractivity contribution < 1.29 is 4.79 Å². The minimum absolute atomic E-state index is 0.145. The van der Waals surface area contributed by atoms with Gasteiger partial charge in [-0.2, -0.15) is 0 Å². The molecule has 106 valence electrons. The van der Waals surface area contributed by atoms with Gasteiger partial charge in [0.2, 0.25) is 5.91 Å². The molecule has 2 aliphatic rings. The molecule has 0 atom stereocenters. The molecule has 0 aromatic heterocycles. The summed E-state index contributed by atoms with van der Waals surface area (Å²) < 4.78 is 0. The van der Waals surface area contributed by atoms with E-state index in [0.717, 1.165) is 30.5 Å². The third-order valence-corrected chi connectivity index (χ3v) is 4.87. The van der Waals surface area contributed by atoms with Crippen molar-refractivity contribution in [2.75, 3.05) is 5.32 Å². The second-order valence-corrected chi connectivity index (χ2v) is 6.24. The van der Waals surface area contributed by atoms with Crippen LogP contribution in [0.3, 0.4) is 0 Å². The molecule has 4 rings (SSSR count). The molecule has 0 bridgehead atoms. The molecule has 0 unspecified atom stereocenters. The predicted molar refractivity (Wildman–Crippen MR) is 84.5 cm³/mol. The normalized spacial score (nSPS) is 18.1. The topological polar surface area (TPSA) is 29.1 Å². The number of nitrogens with one attached hydrogen (secondary N) is 1. The maximum atomic E-state index is 12.7. The van der Waals surface area contributed by atoms with E-state index < -0.39 is 0 Å². The van der Waals surface area contributed by atoms with Crippen molar-refractivity contribution in [3.8, 4) is 0 Å². The summed E-state index contributed by atoms with van der Waals surface area (Å²) >= 11 is 0. The van der Waals surface area contributed by atoms with Gasteiger partial charge >= 0.3 is 0 Å². The number of benzene rings is 2. The Hall–Kier alpha value is -2.09. The van der Waals surface area contributed by atoms with Crippen molar-refractivity contribution >= 4 is 11.6 Å². The van der Waals surface area contributed by atoms with Gasteiger partial charge in [-0.15, -0.1) is 0 Å². The molecule has 0 aliphatic heterocycles. The lowest BCUT2D eigenvalue weighted by Gasteiger charge is -2.16. The predicted octanol–water partition coefficient (Wildman–Crippen LogP) is 3.85. The van der Waals surface area contributed by atoms with E-state index in [9.17, 15) is 4.79 Å². The van der Waals surface area contributed by atoms with Crippen molar-refractivity contribution in [2.24, 2.45) is 0 Å². The fourth-order valence-corrected chi connectivity index (χ4v) is 3.43. The Morgan fingerprint density at radius 2 is 1.71 bits per heavy atom. The van der Waals surface area contributed by atoms with Crippen LogP contribution in [0.4, 0.5) is 5.69 Å². The smallest absolute Gasteiger partial charge is 0.235 e. The van der Waals surface area contributed by atoms with Crippen LogP contribution in [0.2, 0.25) is 0 Å². The summed E-state index contributed by atoms with van der Waals surface area (Å²) in [6.07, 6.45) is 5.46. The first-order valence-electron chi connectivity index (χ1n) is 7.77. The zero-order valence-electron chi connectivity index (χ0n) is 12.1. The average molecular weight is 277 g/mol. The van der Waals surface area contributed by atoms with Crippen molar-refractivity contribution in [1.82, 2.24) is 0 Å². The van der Waals surface area contributed by atoms with E-state index in [4.69, 9.17) is 0 Å². The first kappa shape index (κ1) is 12.6. The van der Waals surface area contributed by atoms with E-state index in [1.807, 2.05) is 24.3 Å². The van der Waals surface area contributed by atoms with Gasteiger partial charge in [-0.05, 0) is 60.9 Å². The average Bonchev–Trinajstić information content (AvgIpc) is 3.21. The quantitative estimate of drug-likeness (QED) is 0.907. The molecule has 2 aromatic carbocycles. The lowest BCUT2D eigenvalue weighted by Crippen LogP contribution is -2.27. The van der Waals surface area contributed by atoms with Crippen LogP contribution in [0.15, 0.2) is 48.5 Å². The maximum absolute atomic E-state index is 12.7. The van der Waals surface area contributed by atoms with E-state index in [1.165, 1.54) is 24.0 Å². The number of fused-ring (bicyclic) bond motifs is 1. The molecule has 2 heteroatoms. The number of amides is 1. The van der Waals surface area contributed by atoms with Crippen LogP contribution in [0.25, 0.3) is 0 Å². The molecule has 0 radical (unpaired) electrons. The molecule has 0 heterocycles. The molecule has 1 saturated carbocycles. The molecule has 1 fully saturated rings. The molecular formula is C19H19NO. The van der Waals surface area contributed by atoms with Gasteiger partial charge in [0.15, 0.2) is 0 Å². The zero-order chi connectivity index (χ0) is 14.3. The van der Waals surface area contributed by atoms with Gasteiger partial charge in [0.1, 0.15) is 0 Å². The third kappa shape index (κ3) is 2.15. The number of hydrogen-bond acceptors (Lipinski definition) is 1. The number of rotatable bonds is 3. The highest BCUT2D eigenvalue weighted by molar-refractivity contribution is 6.01. The van der Waals surface area contributed by atoms with E-state index in [0.29, 0.717) is 0 Å². The molecular weight excluding hydrogens is 258 g/mol. The van der Waals surface area contributed by atoms with Gasteiger partial charge in [-0.1, -0.05) is 36.4 Å². The molecule has 2 aliphatic carbocycles. The summed E-state index contributed by atoms with van der Waals surface area (Å²) in [6, 6.07) is 16.5. The Bertz CT molecular complexity index is 686. The number of carbonyl (C=O) groups excluding carboxylic acids is 1. The summed E-state index contributed by atoms with van der Waals surface area (Å²) in [6.45, 7) is 0. The highest BCUT2D eigenvalue weighted by Crippen LogP contribution is 2.49. The SMILES string of the molecule is O=C(Nc1ccc2c(c1)CCC2)C1(c2ccccc2)CC1. The molecule has 0 saturated heterocycles. The van der Waals surface area contributed by atoms with Crippen LogP contribution in [-0.2, 0) is 23.1 Å². The molecule has 1 amide bonds. The Morgan fingerprint density at radius 3 is 2.48 bits per heavy atom. The highest BCUT2D eigenvalue weighted by Gasteiger charge is 2.51. The lowest BCUT2D eigenvalue weighted by molar-refractivity contribution is -0.118. The van der Waals surface area contributed by atoms with E-state index in [1.54, 1.807) is 0 Å². The standard InChI is InChI=1S/C19H19NO/c21-18(19(11-12-19)16-7-2-1-3-8-16)20-17-10-9-14-5-4-6-15(14)13-17/h1-3,7-10,13H,4-6,11-12H2,(H,20,21). The number of hydrogen-bond donors (Lipinski definition) is 1. The van der Waals surface area contributed by atoms with E-state index >= 15 is 0 Å². The van der Waals surface area contributed by atoms with Crippen molar-refractivity contribution in [1.29, 1.82) is 0 Å². The summed E-state index contributed by atoms with van der Waals surface area (Å²) in [5, 5.41) is 3.13. The number of anilines is 1. The highest BCUT2D eigenvalue weighted by atomic mass is 16.2. The first-order valence-corrected chi connectivity index (χ1v) is 7.77. The Balaban J connectivity index is 1.56. The third-order valence-electron chi connectivity index (χ3n) is 4.87. The monoisotopic (exact) mass is 277 g/mol. The Kier molecular flexibility index (Phi) is 2.85. The van der Waals surface area contributed by atoms with Crippen LogP contribution in [0, 0.1) is 0 Å². The van der Waals surface area contributed by atoms with Gasteiger partial charge in [-0.25, -0.2) is 0 Å². The molecule has 0 spiro atoms. The maximum Gasteiger partial charge on any atom is 0.235 e. The first-order chi connectivity index (χ1) is 10.3. The van der Waals surface area contributed by atoms with Crippen LogP contribution < -0.4 is 5.32 Å². The Morgan fingerprint density at radius 1 is 0.952 bits per heavy atom. The summed E-state index contributed by atoms with van der Waals surface area (Å²) in [5.74, 6) is 0.145. The fraction of sp³-hybridized carbons (Fsp3) is 0.316.